The zero-order valence-corrected chi connectivity index (χ0v) is 10.3. The van der Waals surface area contributed by atoms with Crippen LogP contribution in [0.3, 0.4) is 0 Å². The largest absolute Gasteiger partial charge is 0.329 e. The van der Waals surface area contributed by atoms with Crippen molar-refractivity contribution in [3.05, 3.63) is 65.5 Å². The number of pyridine rings is 1. The van der Waals surface area contributed by atoms with Crippen molar-refractivity contribution in [2.45, 2.75) is 12.8 Å². The Morgan fingerprint density at radius 3 is 2.61 bits per heavy atom. The molecule has 0 aliphatic rings. The highest BCUT2D eigenvalue weighted by Crippen LogP contribution is 2.19. The Balaban J connectivity index is 2.32. The Morgan fingerprint density at radius 1 is 1.28 bits per heavy atom. The van der Waals surface area contributed by atoms with Gasteiger partial charge in [-0.25, -0.2) is 0 Å². The van der Waals surface area contributed by atoms with Crippen LogP contribution in [-0.2, 0) is 0 Å². The predicted molar refractivity (Wildman–Crippen MR) is 71.5 cm³/mol. The van der Waals surface area contributed by atoms with E-state index in [0.717, 1.165) is 11.1 Å². The van der Waals surface area contributed by atoms with E-state index in [1.54, 1.807) is 12.4 Å². The molecule has 2 aromatic rings. The van der Waals surface area contributed by atoms with Crippen LogP contribution < -0.4 is 5.73 Å². The van der Waals surface area contributed by atoms with Gasteiger partial charge in [0.1, 0.15) is 0 Å². The van der Waals surface area contributed by atoms with Crippen molar-refractivity contribution in [2.75, 3.05) is 6.54 Å². The zero-order chi connectivity index (χ0) is 13.0. The summed E-state index contributed by atoms with van der Waals surface area (Å²) < 4.78 is 0. The highest BCUT2D eigenvalue weighted by molar-refractivity contribution is 6.01. The van der Waals surface area contributed by atoms with Crippen molar-refractivity contribution < 1.29 is 4.79 Å². The molecule has 0 amide bonds. The number of hydrogen-bond acceptors (Lipinski definition) is 3. The number of rotatable bonds is 4. The topological polar surface area (TPSA) is 56.0 Å². The van der Waals surface area contributed by atoms with Crippen LogP contribution in [0.2, 0.25) is 0 Å². The Labute approximate surface area is 107 Å². The van der Waals surface area contributed by atoms with Gasteiger partial charge in [0.15, 0.2) is 5.78 Å². The van der Waals surface area contributed by atoms with E-state index in [-0.39, 0.29) is 11.7 Å². The van der Waals surface area contributed by atoms with Crippen LogP contribution in [0, 0.1) is 6.92 Å². The van der Waals surface area contributed by atoms with Crippen LogP contribution in [0.5, 0.6) is 0 Å². The summed E-state index contributed by atoms with van der Waals surface area (Å²) in [7, 11) is 0. The average Bonchev–Trinajstić information content (AvgIpc) is 2.41. The summed E-state index contributed by atoms with van der Waals surface area (Å²) >= 11 is 0. The summed E-state index contributed by atoms with van der Waals surface area (Å²) in [6, 6.07) is 11.5. The fourth-order valence-corrected chi connectivity index (χ4v) is 1.97. The smallest absolute Gasteiger partial charge is 0.173 e. The van der Waals surface area contributed by atoms with E-state index in [2.05, 4.69) is 4.98 Å². The van der Waals surface area contributed by atoms with Crippen molar-refractivity contribution in [3.63, 3.8) is 0 Å². The summed E-state index contributed by atoms with van der Waals surface area (Å²) in [6.07, 6.45) is 3.33. The Hall–Kier alpha value is -2.00. The van der Waals surface area contributed by atoms with Gasteiger partial charge in [-0.2, -0.15) is 0 Å². The second kappa shape index (κ2) is 5.56. The van der Waals surface area contributed by atoms with Crippen molar-refractivity contribution >= 4 is 5.78 Å². The Kier molecular flexibility index (Phi) is 3.85. The molecule has 92 valence electrons. The molecule has 0 saturated carbocycles. The van der Waals surface area contributed by atoms with Crippen LogP contribution in [-0.4, -0.2) is 17.3 Å². The summed E-state index contributed by atoms with van der Waals surface area (Å²) in [6.45, 7) is 2.22. The molecule has 0 saturated heterocycles. The molecule has 1 aromatic carbocycles. The number of Topliss-reactive ketones (excluding diaryl/α,β-unsaturated/α-hetero) is 1. The SMILES string of the molecule is Cc1cncc(C(=O)C(CN)c2ccccc2)c1. The summed E-state index contributed by atoms with van der Waals surface area (Å²) in [5.74, 6) is -0.269. The second-order valence-electron chi connectivity index (χ2n) is 4.31. The molecular formula is C15H16N2O. The first kappa shape index (κ1) is 12.5. The molecule has 1 atom stereocenters. The van der Waals surface area contributed by atoms with Crippen LogP contribution in [0.15, 0.2) is 48.8 Å². The van der Waals surface area contributed by atoms with E-state index in [9.17, 15) is 4.79 Å². The van der Waals surface area contributed by atoms with Gasteiger partial charge in [0.25, 0.3) is 0 Å². The lowest BCUT2D eigenvalue weighted by Gasteiger charge is -2.14. The lowest BCUT2D eigenvalue weighted by molar-refractivity contribution is 0.0962. The van der Waals surface area contributed by atoms with Crippen molar-refractivity contribution in [1.82, 2.24) is 4.98 Å². The first-order valence-corrected chi connectivity index (χ1v) is 5.93. The number of nitrogens with two attached hydrogens (primary N) is 1. The number of nitrogens with zero attached hydrogens (tertiary/aromatic N) is 1. The molecule has 2 N–H and O–H groups in total. The molecule has 0 radical (unpaired) electrons. The van der Waals surface area contributed by atoms with E-state index in [1.165, 1.54) is 0 Å². The van der Waals surface area contributed by atoms with Crippen LogP contribution in [0.25, 0.3) is 0 Å². The maximum atomic E-state index is 12.4. The van der Waals surface area contributed by atoms with E-state index in [4.69, 9.17) is 5.73 Å². The van der Waals surface area contributed by atoms with Crippen molar-refractivity contribution in [1.29, 1.82) is 0 Å². The Morgan fingerprint density at radius 2 is 2.00 bits per heavy atom. The van der Waals surface area contributed by atoms with Gasteiger partial charge in [-0.05, 0) is 24.1 Å². The molecule has 1 heterocycles. The highest BCUT2D eigenvalue weighted by atomic mass is 16.1. The second-order valence-corrected chi connectivity index (χ2v) is 4.31. The van der Waals surface area contributed by atoms with Crippen LogP contribution in [0.4, 0.5) is 0 Å². The quantitative estimate of drug-likeness (QED) is 0.834. The molecule has 3 nitrogen and oxygen atoms in total. The minimum absolute atomic E-state index is 0.0277. The predicted octanol–water partition coefficient (Wildman–Crippen LogP) is 2.32. The highest BCUT2D eigenvalue weighted by Gasteiger charge is 2.20. The van der Waals surface area contributed by atoms with E-state index in [1.807, 2.05) is 43.3 Å². The Bertz CT molecular complexity index is 537. The molecule has 0 fully saturated rings. The summed E-state index contributed by atoms with van der Waals surface area (Å²) in [5, 5.41) is 0. The van der Waals surface area contributed by atoms with Crippen LogP contribution in [0.1, 0.15) is 27.4 Å². The van der Waals surface area contributed by atoms with E-state index < -0.39 is 0 Å². The van der Waals surface area contributed by atoms with Gasteiger partial charge in [0.2, 0.25) is 0 Å². The number of aryl methyl sites for hydroxylation is 1. The molecular weight excluding hydrogens is 224 g/mol. The monoisotopic (exact) mass is 240 g/mol. The third-order valence-corrected chi connectivity index (χ3v) is 2.91. The van der Waals surface area contributed by atoms with Crippen molar-refractivity contribution in [3.8, 4) is 0 Å². The fraction of sp³-hybridized carbons (Fsp3) is 0.200. The summed E-state index contributed by atoms with van der Waals surface area (Å²) in [5.41, 5.74) is 8.29. The number of ketones is 1. The van der Waals surface area contributed by atoms with Crippen LogP contribution >= 0.6 is 0 Å². The first-order valence-electron chi connectivity index (χ1n) is 5.93. The lowest BCUT2D eigenvalue weighted by atomic mass is 9.91. The lowest BCUT2D eigenvalue weighted by Crippen LogP contribution is -2.22. The number of benzene rings is 1. The van der Waals surface area contributed by atoms with Gasteiger partial charge in [0, 0.05) is 24.5 Å². The number of carbonyl (C=O) groups excluding carboxylic acids is 1. The number of carbonyl (C=O) groups is 1. The number of aromatic nitrogens is 1. The third-order valence-electron chi connectivity index (χ3n) is 2.91. The fourth-order valence-electron chi connectivity index (χ4n) is 1.97. The van der Waals surface area contributed by atoms with E-state index >= 15 is 0 Å². The average molecular weight is 240 g/mol. The third kappa shape index (κ3) is 2.63. The molecule has 0 aliphatic heterocycles. The summed E-state index contributed by atoms with van der Waals surface area (Å²) in [4.78, 5) is 16.5. The molecule has 3 heteroatoms. The van der Waals surface area contributed by atoms with Gasteiger partial charge < -0.3 is 5.73 Å². The molecule has 0 aliphatic carbocycles. The van der Waals surface area contributed by atoms with Gasteiger partial charge in [-0.15, -0.1) is 0 Å². The van der Waals surface area contributed by atoms with Crippen molar-refractivity contribution in [2.24, 2.45) is 5.73 Å². The molecule has 18 heavy (non-hydrogen) atoms. The van der Waals surface area contributed by atoms with Gasteiger partial charge >= 0.3 is 0 Å². The standard InChI is InChI=1S/C15H16N2O/c1-11-7-13(10-17-9-11)15(18)14(8-16)12-5-3-2-4-6-12/h2-7,9-10,14H,8,16H2,1H3. The zero-order valence-electron chi connectivity index (χ0n) is 10.3. The minimum atomic E-state index is -0.296. The molecule has 1 unspecified atom stereocenters. The molecule has 0 spiro atoms. The molecule has 2 rings (SSSR count). The normalized spacial score (nSPS) is 12.1. The first-order chi connectivity index (χ1) is 8.72. The van der Waals surface area contributed by atoms with E-state index in [0.29, 0.717) is 12.1 Å². The van der Waals surface area contributed by atoms with Gasteiger partial charge in [0.05, 0.1) is 5.92 Å². The van der Waals surface area contributed by atoms with Gasteiger partial charge in [-0.1, -0.05) is 30.3 Å². The minimum Gasteiger partial charge on any atom is -0.329 e. The molecule has 1 aromatic heterocycles. The van der Waals surface area contributed by atoms with Gasteiger partial charge in [-0.3, -0.25) is 9.78 Å². The number of hydrogen-bond donors (Lipinski definition) is 1. The maximum Gasteiger partial charge on any atom is 0.173 e. The maximum absolute atomic E-state index is 12.4. The molecule has 0 bridgehead atoms.